The van der Waals surface area contributed by atoms with Crippen molar-refractivity contribution >= 4 is 17.1 Å². The van der Waals surface area contributed by atoms with Crippen LogP contribution < -0.4 is 0 Å². The summed E-state index contributed by atoms with van der Waals surface area (Å²) in [6, 6.07) is 8.04. The fraction of sp³-hybridized carbons (Fsp3) is 0.353. The van der Waals surface area contributed by atoms with E-state index in [1.807, 2.05) is 6.92 Å². The smallest absolute Gasteiger partial charge is 0.179 e. The summed E-state index contributed by atoms with van der Waals surface area (Å²) in [6.45, 7) is 4.99. The first kappa shape index (κ1) is 14.4. The van der Waals surface area contributed by atoms with Gasteiger partial charge in [-0.3, -0.25) is 9.69 Å². The Kier molecular flexibility index (Phi) is 3.91. The monoisotopic (exact) mass is 303 g/mol. The number of rotatable bonds is 3. The molecule has 2 heterocycles. The van der Waals surface area contributed by atoms with Crippen LogP contribution in [0.15, 0.2) is 35.7 Å². The lowest BCUT2D eigenvalue weighted by Gasteiger charge is -2.37. The summed E-state index contributed by atoms with van der Waals surface area (Å²) in [5.41, 5.74) is 1.91. The number of carbonyl (C=O) groups excluding carboxylic acids is 1. The Labute approximate surface area is 128 Å². The number of thiophene rings is 1. The summed E-state index contributed by atoms with van der Waals surface area (Å²) in [5, 5.41) is 2.12. The normalized spacial score (nSPS) is 20.0. The van der Waals surface area contributed by atoms with Crippen molar-refractivity contribution in [1.29, 1.82) is 0 Å². The van der Waals surface area contributed by atoms with Crippen molar-refractivity contribution in [3.63, 3.8) is 0 Å². The lowest BCUT2D eigenvalue weighted by molar-refractivity contribution is 0.0760. The molecule has 110 valence electrons. The molecule has 0 spiro atoms. The fourth-order valence-electron chi connectivity index (χ4n) is 3.06. The molecule has 0 N–H and O–H groups in total. The molecule has 2 aromatic rings. The first-order valence-electron chi connectivity index (χ1n) is 7.19. The van der Waals surface area contributed by atoms with Crippen molar-refractivity contribution in [2.45, 2.75) is 32.4 Å². The molecule has 0 saturated carbocycles. The highest BCUT2D eigenvalue weighted by Gasteiger charge is 2.31. The summed E-state index contributed by atoms with van der Waals surface area (Å²) in [7, 11) is 0. The van der Waals surface area contributed by atoms with Crippen LogP contribution in [0.2, 0.25) is 0 Å². The number of Topliss-reactive ketones (excluding diaryl/α,β-unsaturated/α-hetero) is 1. The molecule has 1 aromatic heterocycles. The number of halogens is 1. The Morgan fingerprint density at radius 2 is 2.05 bits per heavy atom. The quantitative estimate of drug-likeness (QED) is 0.796. The molecular formula is C17H18FNOS. The number of ketones is 1. The van der Waals surface area contributed by atoms with Gasteiger partial charge in [0.2, 0.25) is 0 Å². The van der Waals surface area contributed by atoms with Crippen LogP contribution in [0.1, 0.15) is 40.7 Å². The van der Waals surface area contributed by atoms with Crippen LogP contribution >= 0.6 is 11.3 Å². The van der Waals surface area contributed by atoms with Gasteiger partial charge in [0.1, 0.15) is 5.82 Å². The van der Waals surface area contributed by atoms with Crippen molar-refractivity contribution in [2.75, 3.05) is 6.54 Å². The Balaban J connectivity index is 1.81. The van der Waals surface area contributed by atoms with Gasteiger partial charge in [0.05, 0.1) is 6.04 Å². The Bertz CT molecular complexity index is 649. The molecule has 0 amide bonds. The second-order valence-electron chi connectivity index (χ2n) is 5.51. The summed E-state index contributed by atoms with van der Waals surface area (Å²) in [6.07, 6.45) is 0.998. The van der Waals surface area contributed by atoms with Crippen molar-refractivity contribution < 1.29 is 9.18 Å². The zero-order chi connectivity index (χ0) is 15.0. The van der Waals surface area contributed by atoms with Crippen LogP contribution in [0.25, 0.3) is 0 Å². The summed E-state index contributed by atoms with van der Waals surface area (Å²) in [5.74, 6) is -0.256. The molecule has 4 heteroatoms. The highest BCUT2D eigenvalue weighted by atomic mass is 32.1. The molecule has 2 nitrogen and oxygen atoms in total. The predicted molar refractivity (Wildman–Crippen MR) is 83.3 cm³/mol. The van der Waals surface area contributed by atoms with Crippen LogP contribution in [0, 0.1) is 5.82 Å². The average Bonchev–Trinajstić information content (AvgIpc) is 2.96. The number of nitrogens with zero attached hydrogens (tertiary/aromatic N) is 1. The highest BCUT2D eigenvalue weighted by molar-refractivity contribution is 7.10. The minimum absolute atomic E-state index is 0.0560. The van der Waals surface area contributed by atoms with Crippen molar-refractivity contribution in [1.82, 2.24) is 4.90 Å². The van der Waals surface area contributed by atoms with Crippen LogP contribution in [0.5, 0.6) is 0 Å². The third kappa shape index (κ3) is 2.65. The van der Waals surface area contributed by atoms with E-state index in [2.05, 4.69) is 23.3 Å². The first-order valence-corrected chi connectivity index (χ1v) is 8.07. The molecule has 0 radical (unpaired) electrons. The topological polar surface area (TPSA) is 20.3 Å². The summed E-state index contributed by atoms with van der Waals surface area (Å²) in [4.78, 5) is 16.3. The molecule has 1 aliphatic heterocycles. The van der Waals surface area contributed by atoms with Gasteiger partial charge in [-0.25, -0.2) is 4.39 Å². The van der Waals surface area contributed by atoms with E-state index in [0.29, 0.717) is 5.56 Å². The standard InChI is InChI=1S/C17H18FNOS/c1-11-15-8-10-21-16(15)7-9-19(11)12(2)17(20)13-3-5-14(18)6-4-13/h3-6,8,10-12H,7,9H2,1-2H3. The molecule has 0 saturated heterocycles. The largest absolute Gasteiger partial charge is 0.292 e. The van der Waals surface area contributed by atoms with Gasteiger partial charge in [-0.1, -0.05) is 0 Å². The van der Waals surface area contributed by atoms with E-state index in [1.165, 1.54) is 22.6 Å². The Morgan fingerprint density at radius 1 is 1.33 bits per heavy atom. The Hall–Kier alpha value is -1.52. The van der Waals surface area contributed by atoms with Crippen LogP contribution in [0.4, 0.5) is 4.39 Å². The van der Waals surface area contributed by atoms with Gasteiger partial charge in [-0.05, 0) is 61.5 Å². The number of hydrogen-bond acceptors (Lipinski definition) is 3. The average molecular weight is 303 g/mol. The molecule has 0 bridgehead atoms. The first-order chi connectivity index (χ1) is 10.1. The second-order valence-corrected chi connectivity index (χ2v) is 6.51. The van der Waals surface area contributed by atoms with Gasteiger partial charge in [0, 0.05) is 23.0 Å². The second kappa shape index (κ2) is 5.70. The number of hydrogen-bond donors (Lipinski definition) is 0. The van der Waals surface area contributed by atoms with E-state index in [4.69, 9.17) is 0 Å². The minimum atomic E-state index is -0.312. The zero-order valence-corrected chi connectivity index (χ0v) is 13.0. The molecule has 1 aromatic carbocycles. The molecule has 0 fully saturated rings. The highest BCUT2D eigenvalue weighted by Crippen LogP contribution is 2.34. The van der Waals surface area contributed by atoms with E-state index >= 15 is 0 Å². The third-order valence-electron chi connectivity index (χ3n) is 4.33. The van der Waals surface area contributed by atoms with E-state index in [-0.39, 0.29) is 23.7 Å². The third-order valence-corrected chi connectivity index (χ3v) is 5.33. The summed E-state index contributed by atoms with van der Waals surface area (Å²) >= 11 is 1.80. The van der Waals surface area contributed by atoms with E-state index < -0.39 is 0 Å². The van der Waals surface area contributed by atoms with Crippen LogP contribution in [0.3, 0.4) is 0 Å². The van der Waals surface area contributed by atoms with Gasteiger partial charge < -0.3 is 0 Å². The molecule has 1 aliphatic rings. The molecule has 21 heavy (non-hydrogen) atoms. The maximum atomic E-state index is 13.0. The molecule has 0 aliphatic carbocycles. The van der Waals surface area contributed by atoms with Gasteiger partial charge in [0.15, 0.2) is 5.78 Å². The van der Waals surface area contributed by atoms with E-state index in [9.17, 15) is 9.18 Å². The van der Waals surface area contributed by atoms with Crippen LogP contribution in [-0.4, -0.2) is 23.3 Å². The van der Waals surface area contributed by atoms with Gasteiger partial charge in [-0.2, -0.15) is 0 Å². The molecular weight excluding hydrogens is 285 g/mol. The van der Waals surface area contributed by atoms with Gasteiger partial charge in [-0.15, -0.1) is 11.3 Å². The molecule has 2 unspecified atom stereocenters. The van der Waals surface area contributed by atoms with Crippen molar-refractivity contribution in [3.8, 4) is 0 Å². The zero-order valence-electron chi connectivity index (χ0n) is 12.2. The number of carbonyl (C=O) groups is 1. The lowest BCUT2D eigenvalue weighted by atomic mass is 9.96. The predicted octanol–water partition coefficient (Wildman–Crippen LogP) is 4.08. The van der Waals surface area contributed by atoms with E-state index in [1.54, 1.807) is 23.5 Å². The molecule has 3 rings (SSSR count). The molecule has 2 atom stereocenters. The van der Waals surface area contributed by atoms with Crippen molar-refractivity contribution in [2.24, 2.45) is 0 Å². The van der Waals surface area contributed by atoms with E-state index in [0.717, 1.165) is 13.0 Å². The van der Waals surface area contributed by atoms with Crippen molar-refractivity contribution in [3.05, 3.63) is 57.5 Å². The maximum absolute atomic E-state index is 13.0. The summed E-state index contributed by atoms with van der Waals surface area (Å²) < 4.78 is 13.0. The number of benzene rings is 1. The SMILES string of the molecule is CC(C(=O)c1ccc(F)cc1)N1CCc2sccc2C1C. The van der Waals surface area contributed by atoms with Gasteiger partial charge >= 0.3 is 0 Å². The number of fused-ring (bicyclic) bond motifs is 1. The van der Waals surface area contributed by atoms with Crippen LogP contribution in [-0.2, 0) is 6.42 Å². The Morgan fingerprint density at radius 3 is 2.76 bits per heavy atom. The fourth-order valence-corrected chi connectivity index (χ4v) is 4.03. The lowest BCUT2D eigenvalue weighted by Crippen LogP contribution is -2.44. The maximum Gasteiger partial charge on any atom is 0.179 e. The van der Waals surface area contributed by atoms with Gasteiger partial charge in [0.25, 0.3) is 0 Å². The minimum Gasteiger partial charge on any atom is -0.292 e.